The maximum absolute atomic E-state index is 12.5. The van der Waals surface area contributed by atoms with Gasteiger partial charge >= 0.3 is 5.69 Å². The summed E-state index contributed by atoms with van der Waals surface area (Å²) in [5.74, 6) is 3.37. The second kappa shape index (κ2) is 10.7. The van der Waals surface area contributed by atoms with Gasteiger partial charge in [-0.05, 0) is 63.5 Å². The molecule has 0 radical (unpaired) electrons. The molecule has 0 spiro atoms. The molecule has 2 N–H and O–H groups in total. The number of guanidine groups is 1. The molecule has 0 amide bonds. The molecule has 0 unspecified atom stereocenters. The molecule has 8 nitrogen and oxygen atoms in total. The van der Waals surface area contributed by atoms with Gasteiger partial charge in [0, 0.05) is 38.2 Å². The number of aryl methyl sites for hydroxylation is 3. The van der Waals surface area contributed by atoms with Crippen LogP contribution in [0, 0.1) is 12.8 Å². The molecule has 0 bridgehead atoms. The van der Waals surface area contributed by atoms with Crippen LogP contribution in [-0.4, -0.2) is 40.0 Å². The maximum Gasteiger partial charge on any atom is 0.345 e. The van der Waals surface area contributed by atoms with E-state index in [9.17, 15) is 4.79 Å². The lowest BCUT2D eigenvalue weighted by Crippen LogP contribution is -2.38. The van der Waals surface area contributed by atoms with Gasteiger partial charge in [0.25, 0.3) is 0 Å². The normalized spacial score (nSPS) is 16.0. The van der Waals surface area contributed by atoms with E-state index < -0.39 is 0 Å². The molecule has 2 aromatic rings. The van der Waals surface area contributed by atoms with Crippen LogP contribution in [0.5, 0.6) is 5.75 Å². The Balaban J connectivity index is 1.31. The van der Waals surface area contributed by atoms with Gasteiger partial charge in [-0.15, -0.1) is 0 Å². The fourth-order valence-corrected chi connectivity index (χ4v) is 3.95. The summed E-state index contributed by atoms with van der Waals surface area (Å²) in [7, 11) is 0. The summed E-state index contributed by atoms with van der Waals surface area (Å²) in [6.45, 7) is 8.43. The number of hydrogen-bond donors (Lipinski definition) is 2. The van der Waals surface area contributed by atoms with Gasteiger partial charge in [0.1, 0.15) is 11.6 Å². The van der Waals surface area contributed by atoms with Crippen LogP contribution in [0.1, 0.15) is 56.0 Å². The smallest absolute Gasteiger partial charge is 0.345 e. The van der Waals surface area contributed by atoms with E-state index in [0.29, 0.717) is 13.1 Å². The Hall–Kier alpha value is -2.77. The summed E-state index contributed by atoms with van der Waals surface area (Å²) in [6, 6.07) is 6.32. The van der Waals surface area contributed by atoms with Crippen molar-refractivity contribution in [3.05, 3.63) is 45.6 Å². The second-order valence-electron chi connectivity index (χ2n) is 8.87. The number of fused-ring (bicyclic) bond motifs is 1. The monoisotopic (exact) mass is 440 g/mol. The van der Waals surface area contributed by atoms with Crippen molar-refractivity contribution < 1.29 is 4.74 Å². The van der Waals surface area contributed by atoms with Crippen LogP contribution in [0.3, 0.4) is 0 Å². The van der Waals surface area contributed by atoms with E-state index in [-0.39, 0.29) is 5.69 Å². The first-order chi connectivity index (χ1) is 15.6. The Kier molecular flexibility index (Phi) is 7.50. The van der Waals surface area contributed by atoms with Crippen LogP contribution >= 0.6 is 0 Å². The summed E-state index contributed by atoms with van der Waals surface area (Å²) >= 11 is 0. The van der Waals surface area contributed by atoms with Crippen molar-refractivity contribution in [2.75, 3.05) is 19.7 Å². The van der Waals surface area contributed by atoms with Gasteiger partial charge in [-0.1, -0.05) is 12.1 Å². The van der Waals surface area contributed by atoms with Crippen LogP contribution in [0.15, 0.2) is 28.0 Å². The van der Waals surface area contributed by atoms with Gasteiger partial charge in [0.2, 0.25) is 0 Å². The van der Waals surface area contributed by atoms with Crippen molar-refractivity contribution in [3.63, 3.8) is 0 Å². The molecular weight excluding hydrogens is 404 g/mol. The third-order valence-electron chi connectivity index (χ3n) is 6.02. The van der Waals surface area contributed by atoms with Crippen LogP contribution in [0.25, 0.3) is 0 Å². The zero-order valence-electron chi connectivity index (χ0n) is 19.4. The summed E-state index contributed by atoms with van der Waals surface area (Å²) < 4.78 is 9.52. The number of aromatic nitrogens is 3. The maximum atomic E-state index is 12.5. The Bertz CT molecular complexity index is 989. The number of benzene rings is 1. The van der Waals surface area contributed by atoms with Crippen molar-refractivity contribution in [1.82, 2.24) is 25.0 Å². The van der Waals surface area contributed by atoms with Gasteiger partial charge < -0.3 is 15.4 Å². The lowest BCUT2D eigenvalue weighted by Gasteiger charge is -2.13. The van der Waals surface area contributed by atoms with E-state index >= 15 is 0 Å². The highest BCUT2D eigenvalue weighted by Gasteiger charge is 2.22. The minimum atomic E-state index is 0.0263. The van der Waals surface area contributed by atoms with Crippen LogP contribution in [0.4, 0.5) is 0 Å². The largest absolute Gasteiger partial charge is 0.493 e. The molecule has 2 heterocycles. The average molecular weight is 441 g/mol. The molecule has 8 heteroatoms. The minimum Gasteiger partial charge on any atom is -0.493 e. The first-order valence-electron chi connectivity index (χ1n) is 12.0. The van der Waals surface area contributed by atoms with E-state index in [1.165, 1.54) is 18.4 Å². The number of rotatable bonds is 10. The zero-order chi connectivity index (χ0) is 22.3. The highest BCUT2D eigenvalue weighted by molar-refractivity contribution is 5.79. The van der Waals surface area contributed by atoms with E-state index in [1.54, 1.807) is 4.68 Å². The molecule has 1 aromatic carbocycles. The third-order valence-corrected chi connectivity index (χ3v) is 6.02. The second-order valence-corrected chi connectivity index (χ2v) is 8.87. The molecule has 1 aliphatic heterocycles. The van der Waals surface area contributed by atoms with Gasteiger partial charge in [0.05, 0.1) is 13.2 Å². The number of nitrogens with one attached hydrogen (secondary N) is 2. The number of aliphatic imine (C=N–C) groups is 1. The van der Waals surface area contributed by atoms with Crippen molar-refractivity contribution in [3.8, 4) is 5.75 Å². The average Bonchev–Trinajstić information content (AvgIpc) is 3.57. The quantitative estimate of drug-likeness (QED) is 0.337. The zero-order valence-corrected chi connectivity index (χ0v) is 19.4. The molecule has 2 aliphatic rings. The molecule has 0 saturated heterocycles. The molecule has 4 rings (SSSR count). The fraction of sp³-hybridized carbons (Fsp3) is 0.625. The van der Waals surface area contributed by atoms with Crippen molar-refractivity contribution in [2.45, 2.75) is 72.0 Å². The number of hydrogen-bond acceptors (Lipinski definition) is 4. The topological polar surface area (TPSA) is 85.5 Å². The molecule has 1 fully saturated rings. The van der Waals surface area contributed by atoms with Gasteiger partial charge in [-0.2, -0.15) is 5.10 Å². The molecule has 1 aliphatic carbocycles. The predicted molar refractivity (Wildman–Crippen MR) is 126 cm³/mol. The first kappa shape index (κ1) is 22.4. The van der Waals surface area contributed by atoms with Gasteiger partial charge in [-0.25, -0.2) is 14.5 Å². The number of nitrogens with zero attached hydrogens (tertiary/aromatic N) is 4. The fourth-order valence-electron chi connectivity index (χ4n) is 3.95. The lowest BCUT2D eigenvalue weighted by atomic mass is 10.1. The summed E-state index contributed by atoms with van der Waals surface area (Å²) in [6.07, 6.45) is 6.46. The highest BCUT2D eigenvalue weighted by atomic mass is 16.5. The SMILES string of the molecule is CCNC(=NCc1ccc(C)cc1OCC1CC1)NCCCn1nc2n(c1=O)CCCC2. The Labute approximate surface area is 190 Å². The van der Waals surface area contributed by atoms with Crippen LogP contribution in [-0.2, 0) is 26.1 Å². The van der Waals surface area contributed by atoms with Crippen molar-refractivity contribution >= 4 is 5.96 Å². The molecule has 0 atom stereocenters. The van der Waals surface area contributed by atoms with Crippen molar-refractivity contribution in [1.29, 1.82) is 0 Å². The Morgan fingerprint density at radius 1 is 1.28 bits per heavy atom. The summed E-state index contributed by atoms with van der Waals surface area (Å²) in [5.41, 5.74) is 2.33. The Morgan fingerprint density at radius 2 is 2.16 bits per heavy atom. The third kappa shape index (κ3) is 5.93. The minimum absolute atomic E-state index is 0.0263. The summed E-state index contributed by atoms with van der Waals surface area (Å²) in [4.78, 5) is 17.2. The first-order valence-corrected chi connectivity index (χ1v) is 12.0. The molecule has 174 valence electrons. The van der Waals surface area contributed by atoms with E-state index in [1.807, 2.05) is 4.57 Å². The lowest BCUT2D eigenvalue weighted by molar-refractivity contribution is 0.296. The van der Waals surface area contributed by atoms with Gasteiger partial charge in [-0.3, -0.25) is 4.57 Å². The van der Waals surface area contributed by atoms with E-state index in [0.717, 1.165) is 80.9 Å². The van der Waals surface area contributed by atoms with Gasteiger partial charge in [0.15, 0.2) is 5.96 Å². The molecular formula is C24H36N6O2. The van der Waals surface area contributed by atoms with E-state index in [4.69, 9.17) is 9.73 Å². The molecule has 32 heavy (non-hydrogen) atoms. The van der Waals surface area contributed by atoms with Crippen LogP contribution in [0.2, 0.25) is 0 Å². The van der Waals surface area contributed by atoms with Crippen LogP contribution < -0.4 is 21.1 Å². The van der Waals surface area contributed by atoms with Crippen molar-refractivity contribution in [2.24, 2.45) is 10.9 Å². The standard InChI is InChI=1S/C24H36N6O2/c1-3-25-23(26-12-6-14-30-24(31)29-13-5-4-7-22(29)28-30)27-16-20-11-8-18(2)15-21(20)32-17-19-9-10-19/h8,11,15,19H,3-7,9-10,12-14,16-17H2,1-2H3,(H2,25,26,27). The highest BCUT2D eigenvalue weighted by Crippen LogP contribution is 2.31. The Morgan fingerprint density at radius 3 is 2.94 bits per heavy atom. The van der Waals surface area contributed by atoms with E-state index in [2.05, 4.69) is 47.8 Å². The summed E-state index contributed by atoms with van der Waals surface area (Å²) in [5, 5.41) is 11.2. The molecule has 1 aromatic heterocycles. The molecule has 1 saturated carbocycles. The number of ether oxygens (including phenoxy) is 1. The predicted octanol–water partition coefficient (Wildman–Crippen LogP) is 2.62.